The van der Waals surface area contributed by atoms with Crippen molar-refractivity contribution >= 4 is 159 Å². The second kappa shape index (κ2) is 41.3. The summed E-state index contributed by atoms with van der Waals surface area (Å²) in [5.41, 5.74) is 18.9. The number of halogens is 9. The Bertz CT molecular complexity index is 6780. The van der Waals surface area contributed by atoms with E-state index < -0.39 is 40.8 Å². The Morgan fingerprint density at radius 3 is 1.16 bits per heavy atom. The lowest BCUT2D eigenvalue weighted by Gasteiger charge is -2.35. The third-order valence-electron chi connectivity index (χ3n) is 24.3. The van der Waals surface area contributed by atoms with E-state index in [0.29, 0.717) is 114 Å². The zero-order valence-corrected chi connectivity index (χ0v) is 78.0. The highest BCUT2D eigenvalue weighted by Gasteiger charge is 2.42. The number of aromatic amines is 5. The van der Waals surface area contributed by atoms with E-state index in [9.17, 15) is 47.7 Å². The van der Waals surface area contributed by atoms with E-state index in [1.54, 1.807) is 56.9 Å². The first-order valence-corrected chi connectivity index (χ1v) is 46.4. The average molecular weight is 1960 g/mol. The summed E-state index contributed by atoms with van der Waals surface area (Å²) in [7, 11) is 0. The van der Waals surface area contributed by atoms with Gasteiger partial charge in [0.15, 0.2) is 11.6 Å². The largest absolute Gasteiger partial charge is 0.450 e. The van der Waals surface area contributed by atoms with Crippen LogP contribution in [0.4, 0.5) is 38.0 Å². The van der Waals surface area contributed by atoms with Gasteiger partial charge in [0, 0.05) is 163 Å². The molecular formula is C101H91BrCl5F3N12O11. The van der Waals surface area contributed by atoms with Crippen molar-refractivity contribution in [2.75, 3.05) is 59.2 Å². The standard InChI is InChI=1S/C22H20ClN3O2.C21H20Cl2N2O2.C21H20ClFN2O2.C20H18ClN3O4.C17H13BrF2N2O/c1-2-11-28-22(27)26-10-9-17-18-12-16(23)7-8-19(18)25-20(17)21(26)15-5-3-14(13-24)4-6-15;1-2-10-27-21(26)25-9-8-16-17-12-15(23)6-7-18(17)24-19(16)20(25)13-4-3-5-14(22)11-13;1-2-10-27-21(26)25-9-8-16-17-12-14(22)6-7-18(17)24-19(16)20(25)13-4-3-5-15(23)11-13;1-2-28-20(25)23-10-9-15-16-11-13(21)5-8-17(16)22-18(15)19(23)12-3-6-14(7-4-12)24(26)27;18-9-4-5-14-12(8-9)10-6-7-22(23)17(16(10)21-14)11-2-1-3-13(19)15(11)20/h3-8,12,21,25H,2,9-11H2,1H3;2*3-7,11-12,20,24H,2,8-10H2,1H3;3-8,11,19,22H,2,9-10H2,1H3;1-5,8,17,21,23H,6-7H2. The summed E-state index contributed by atoms with van der Waals surface area (Å²) >= 11 is 34.5. The molecule has 0 saturated carbocycles. The number of nitro benzene ring substituents is 1. The van der Waals surface area contributed by atoms with Crippen LogP contribution in [0.3, 0.4) is 0 Å². The highest BCUT2D eigenvalue weighted by Crippen LogP contribution is 2.47. The van der Waals surface area contributed by atoms with E-state index >= 15 is 0 Å². The zero-order chi connectivity index (χ0) is 93.6. The summed E-state index contributed by atoms with van der Waals surface area (Å²) in [6, 6.07) is 60.4. The molecule has 0 saturated heterocycles. The number of hydrogen-bond acceptors (Lipinski definition) is 13. The maximum absolute atomic E-state index is 14.2. The molecule has 5 unspecified atom stereocenters. The highest BCUT2D eigenvalue weighted by molar-refractivity contribution is 9.10. The third kappa shape index (κ3) is 19.8. The van der Waals surface area contributed by atoms with Gasteiger partial charge >= 0.3 is 24.4 Å². The normalized spacial score (nSPS) is 16.6. The maximum atomic E-state index is 14.2. The van der Waals surface area contributed by atoms with E-state index in [0.717, 1.165) is 158 Å². The van der Waals surface area contributed by atoms with E-state index in [4.69, 9.17) is 82.2 Å². The van der Waals surface area contributed by atoms with Crippen LogP contribution in [0.1, 0.15) is 167 Å². The Hall–Kier alpha value is -12.5. The molecule has 4 amide bonds. The van der Waals surface area contributed by atoms with Gasteiger partial charge in [0.2, 0.25) is 0 Å². The number of ether oxygens (including phenoxy) is 4. The Balaban J connectivity index is 0.000000121. The summed E-state index contributed by atoms with van der Waals surface area (Å²) in [5, 5.41) is 40.1. The molecule has 0 bridgehead atoms. The minimum Gasteiger partial charge on any atom is -0.450 e. The lowest BCUT2D eigenvalue weighted by Crippen LogP contribution is -2.41. The predicted octanol–water partition coefficient (Wildman–Crippen LogP) is 26.0. The van der Waals surface area contributed by atoms with Gasteiger partial charge in [-0.3, -0.25) is 29.7 Å². The Kier molecular flexibility index (Phi) is 29.1. The van der Waals surface area contributed by atoms with Crippen molar-refractivity contribution in [3.05, 3.63) is 353 Å². The molecule has 5 aliphatic heterocycles. The summed E-state index contributed by atoms with van der Waals surface area (Å²) < 4.78 is 64.2. The number of aromatic nitrogens is 5. The fourth-order valence-corrected chi connectivity index (χ4v) is 19.7. The quantitative estimate of drug-likeness (QED) is 0.0356. The van der Waals surface area contributed by atoms with Crippen molar-refractivity contribution in [2.24, 2.45) is 0 Å². The molecule has 15 aromatic rings. The van der Waals surface area contributed by atoms with Crippen LogP contribution < -0.4 is 0 Å². The van der Waals surface area contributed by atoms with Crippen LogP contribution in [0.5, 0.6) is 0 Å². The average Bonchev–Trinajstić information content (AvgIpc) is 1.63. The first kappa shape index (κ1) is 93.7. The zero-order valence-electron chi connectivity index (χ0n) is 72.6. The van der Waals surface area contributed by atoms with Gasteiger partial charge in [-0.05, 0) is 254 Å². The molecule has 0 aliphatic carbocycles. The van der Waals surface area contributed by atoms with Gasteiger partial charge in [0.1, 0.15) is 36.0 Å². The molecule has 23 nitrogen and oxygen atoms in total. The van der Waals surface area contributed by atoms with Crippen LogP contribution in [0.25, 0.3) is 54.5 Å². The molecule has 0 radical (unpaired) electrons. The first-order valence-electron chi connectivity index (χ1n) is 43.7. The van der Waals surface area contributed by atoms with E-state index in [1.165, 1.54) is 47.5 Å². The first-order chi connectivity index (χ1) is 64.3. The SMILES string of the molecule is CCCOC(=O)N1CCc2c([nH]c3ccc(Cl)cc23)C1c1ccc(C#N)cc1.CCCOC(=O)N1CCc2c([nH]c3ccc(Cl)cc23)C1c1cccc(Cl)c1.CCCOC(=O)N1CCc2c([nH]c3ccc(Cl)cc23)C1c1cccc(F)c1.CCOC(=O)N1CCc2c([nH]c3ccc(Cl)cc23)C1c1ccc([N+](=O)[O-])cc1.ON1CCc2c([nH]c3ccc(Br)cc23)C1c1cccc(F)c1F. The van der Waals surface area contributed by atoms with Crippen molar-refractivity contribution in [2.45, 2.75) is 109 Å². The van der Waals surface area contributed by atoms with E-state index in [-0.39, 0.29) is 54.0 Å². The predicted molar refractivity (Wildman–Crippen MR) is 513 cm³/mol. The van der Waals surface area contributed by atoms with Gasteiger partial charge in [-0.15, -0.1) is 0 Å². The van der Waals surface area contributed by atoms with Gasteiger partial charge < -0.3 is 49.1 Å². The molecule has 5 atom stereocenters. The van der Waals surface area contributed by atoms with Crippen LogP contribution in [0, 0.1) is 38.9 Å². The molecule has 5 aromatic heterocycles. The number of non-ortho nitro benzene ring substituents is 1. The molecule has 10 aromatic carbocycles. The van der Waals surface area contributed by atoms with Crippen LogP contribution in [0.2, 0.25) is 25.1 Å². The fourth-order valence-electron chi connectivity index (χ4n) is 18.4. The lowest BCUT2D eigenvalue weighted by molar-refractivity contribution is -0.384. The molecule has 20 rings (SSSR count). The summed E-state index contributed by atoms with van der Waals surface area (Å²) in [4.78, 5) is 85.3. The molecular weight excluding hydrogens is 1870 g/mol. The van der Waals surface area contributed by atoms with E-state index in [1.807, 2.05) is 154 Å². The summed E-state index contributed by atoms with van der Waals surface area (Å²) in [6.07, 6.45) is 4.35. The number of rotatable bonds is 13. The second-order valence-corrected chi connectivity index (χ2v) is 35.7. The number of fused-ring (bicyclic) bond motifs is 15. The molecule has 6 N–H and O–H groups in total. The van der Waals surface area contributed by atoms with Crippen LogP contribution in [-0.4, -0.2) is 143 Å². The van der Waals surface area contributed by atoms with Crippen LogP contribution >= 0.6 is 73.9 Å². The fraction of sp³-hybridized carbons (Fsp3) is 0.257. The number of hydroxylamine groups is 2. The number of carbonyl (C=O) groups is 4. The van der Waals surface area contributed by atoms with E-state index in [2.05, 4.69) is 46.9 Å². The van der Waals surface area contributed by atoms with Gasteiger partial charge in [-0.1, -0.05) is 143 Å². The number of nitriles is 1. The number of H-pyrrole nitrogens is 5. The number of amides is 4. The van der Waals surface area contributed by atoms with Gasteiger partial charge in [-0.25, -0.2) is 32.3 Å². The number of nitro groups is 1. The van der Waals surface area contributed by atoms with Gasteiger partial charge in [0.05, 0.1) is 43.0 Å². The molecule has 684 valence electrons. The van der Waals surface area contributed by atoms with Crippen molar-refractivity contribution in [3.63, 3.8) is 0 Å². The van der Waals surface area contributed by atoms with Crippen molar-refractivity contribution < 1.29 is 61.4 Å². The van der Waals surface area contributed by atoms with Crippen molar-refractivity contribution in [1.29, 1.82) is 5.26 Å². The smallest absolute Gasteiger partial charge is 0.410 e. The van der Waals surface area contributed by atoms with Crippen molar-refractivity contribution in [1.82, 2.24) is 49.6 Å². The highest BCUT2D eigenvalue weighted by atomic mass is 79.9. The summed E-state index contributed by atoms with van der Waals surface area (Å²) in [6.45, 7) is 11.6. The van der Waals surface area contributed by atoms with Crippen LogP contribution in [0.15, 0.2) is 211 Å². The van der Waals surface area contributed by atoms with Crippen LogP contribution in [-0.2, 0) is 51.1 Å². The molecule has 0 spiro atoms. The minimum atomic E-state index is -0.927. The molecule has 133 heavy (non-hydrogen) atoms. The Morgan fingerprint density at radius 2 is 0.774 bits per heavy atom. The topological polar surface area (TPSA) is 288 Å². The Labute approximate surface area is 796 Å². The van der Waals surface area contributed by atoms with Gasteiger partial charge in [-0.2, -0.15) is 10.3 Å². The molecule has 0 fully saturated rings. The number of benzene rings is 10. The molecule has 5 aliphatic rings. The van der Waals surface area contributed by atoms with Gasteiger partial charge in [0.25, 0.3) is 5.69 Å². The molecule has 32 heteroatoms. The third-order valence-corrected chi connectivity index (χ3v) is 26.0. The monoisotopic (exact) mass is 1960 g/mol. The number of carbonyl (C=O) groups excluding carboxylic acids is 4. The maximum Gasteiger partial charge on any atom is 0.410 e. The minimum absolute atomic E-state index is 0.00546. The van der Waals surface area contributed by atoms with Crippen molar-refractivity contribution in [3.8, 4) is 6.07 Å². The number of nitrogens with zero attached hydrogens (tertiary/aromatic N) is 7. The number of nitrogens with one attached hydrogen (secondary N) is 5. The lowest BCUT2D eigenvalue weighted by atomic mass is 9.92. The second-order valence-electron chi connectivity index (χ2n) is 32.6. The Morgan fingerprint density at radius 1 is 0.429 bits per heavy atom. The molecule has 10 heterocycles. The number of hydrogen-bond donors (Lipinski definition) is 6. The summed E-state index contributed by atoms with van der Waals surface area (Å²) in [5.74, 6) is -2.17.